The highest BCUT2D eigenvalue weighted by atomic mass is 16.6. The van der Waals surface area contributed by atoms with E-state index >= 15 is 0 Å². The minimum atomic E-state index is -0.555. The van der Waals surface area contributed by atoms with Crippen LogP contribution in [0.15, 0.2) is 6.33 Å². The Bertz CT molecular complexity index is 465. The van der Waals surface area contributed by atoms with Gasteiger partial charge >= 0.3 is 5.69 Å². The van der Waals surface area contributed by atoms with Crippen LogP contribution in [-0.4, -0.2) is 40.9 Å². The molecule has 1 aromatic rings. The van der Waals surface area contributed by atoms with Crippen LogP contribution in [0.5, 0.6) is 0 Å². The van der Waals surface area contributed by atoms with Gasteiger partial charge in [0, 0.05) is 26.6 Å². The summed E-state index contributed by atoms with van der Waals surface area (Å²) >= 11 is 0. The molecule has 0 radical (unpaired) electrons. The molecule has 1 aromatic heterocycles. The SMILES string of the molecule is CCNc1ncnc(NCCC(=O)NC)c1[N+](=O)[O-]. The summed E-state index contributed by atoms with van der Waals surface area (Å²) in [5.41, 5.74) is -0.221. The quantitative estimate of drug-likeness (QED) is 0.482. The minimum absolute atomic E-state index is 0.0971. The van der Waals surface area contributed by atoms with Crippen molar-refractivity contribution in [3.63, 3.8) is 0 Å². The van der Waals surface area contributed by atoms with Crippen LogP contribution in [-0.2, 0) is 4.79 Å². The molecule has 1 heterocycles. The Morgan fingerprint density at radius 2 is 2.00 bits per heavy atom. The summed E-state index contributed by atoms with van der Waals surface area (Å²) in [5, 5.41) is 19.1. The molecule has 0 spiro atoms. The minimum Gasteiger partial charge on any atom is -0.364 e. The second kappa shape index (κ2) is 7.09. The molecule has 0 unspecified atom stereocenters. The zero-order valence-electron chi connectivity index (χ0n) is 10.8. The molecule has 0 aromatic carbocycles. The first-order valence-electron chi connectivity index (χ1n) is 5.77. The second-order valence-electron chi connectivity index (χ2n) is 3.56. The van der Waals surface area contributed by atoms with Crippen LogP contribution in [0.1, 0.15) is 13.3 Å². The Balaban J connectivity index is 2.84. The summed E-state index contributed by atoms with van der Waals surface area (Å²) in [6.45, 7) is 2.57. The normalized spacial score (nSPS) is 9.79. The van der Waals surface area contributed by atoms with Gasteiger partial charge in [-0.1, -0.05) is 0 Å². The average molecular weight is 268 g/mol. The lowest BCUT2D eigenvalue weighted by atomic mass is 10.3. The van der Waals surface area contributed by atoms with Gasteiger partial charge in [-0.3, -0.25) is 14.9 Å². The van der Waals surface area contributed by atoms with Crippen LogP contribution in [0.2, 0.25) is 0 Å². The lowest BCUT2D eigenvalue weighted by Gasteiger charge is -2.08. The number of rotatable bonds is 7. The van der Waals surface area contributed by atoms with Crippen molar-refractivity contribution < 1.29 is 9.72 Å². The van der Waals surface area contributed by atoms with E-state index in [4.69, 9.17) is 0 Å². The van der Waals surface area contributed by atoms with Crippen molar-refractivity contribution >= 4 is 23.2 Å². The zero-order valence-corrected chi connectivity index (χ0v) is 10.8. The van der Waals surface area contributed by atoms with Gasteiger partial charge in [0.25, 0.3) is 0 Å². The third kappa shape index (κ3) is 4.05. The highest BCUT2D eigenvalue weighted by molar-refractivity contribution is 5.76. The van der Waals surface area contributed by atoms with Crippen molar-refractivity contribution in [2.24, 2.45) is 0 Å². The molecule has 9 heteroatoms. The molecule has 0 saturated carbocycles. The molecular weight excluding hydrogens is 252 g/mol. The number of carbonyl (C=O) groups is 1. The Morgan fingerprint density at radius 1 is 1.37 bits per heavy atom. The summed E-state index contributed by atoms with van der Waals surface area (Å²) in [5.74, 6) is 0.0981. The van der Waals surface area contributed by atoms with Crippen LogP contribution in [0.3, 0.4) is 0 Å². The third-order valence-corrected chi connectivity index (χ3v) is 2.27. The molecule has 3 N–H and O–H groups in total. The van der Waals surface area contributed by atoms with Crippen LogP contribution in [0.25, 0.3) is 0 Å². The van der Waals surface area contributed by atoms with E-state index in [2.05, 4.69) is 25.9 Å². The summed E-state index contributed by atoms with van der Waals surface area (Å²) < 4.78 is 0. The number of carbonyl (C=O) groups excluding carboxylic acids is 1. The van der Waals surface area contributed by atoms with E-state index in [1.165, 1.54) is 13.4 Å². The van der Waals surface area contributed by atoms with Gasteiger partial charge in [-0.15, -0.1) is 0 Å². The third-order valence-electron chi connectivity index (χ3n) is 2.27. The molecule has 19 heavy (non-hydrogen) atoms. The summed E-state index contributed by atoms with van der Waals surface area (Å²) in [6, 6.07) is 0. The monoisotopic (exact) mass is 268 g/mol. The fourth-order valence-electron chi connectivity index (χ4n) is 1.40. The van der Waals surface area contributed by atoms with Crippen LogP contribution in [0, 0.1) is 10.1 Å². The lowest BCUT2D eigenvalue weighted by Crippen LogP contribution is -2.21. The molecule has 0 saturated heterocycles. The van der Waals surface area contributed by atoms with Gasteiger partial charge in [-0.25, -0.2) is 9.97 Å². The standard InChI is InChI=1S/C10H16N6O3/c1-3-12-9-8(16(18)19)10(15-6-14-9)13-5-4-7(17)11-2/h6H,3-5H2,1-2H3,(H,11,17)(H2,12,13,14,15). The number of nitrogens with one attached hydrogen (secondary N) is 3. The number of anilines is 2. The van der Waals surface area contributed by atoms with Gasteiger partial charge < -0.3 is 16.0 Å². The number of hydrogen-bond acceptors (Lipinski definition) is 7. The molecule has 0 bridgehead atoms. The predicted octanol–water partition coefficient (Wildman–Crippen LogP) is 0.365. The Labute approximate surface area is 110 Å². The number of hydrogen-bond donors (Lipinski definition) is 3. The molecule has 9 nitrogen and oxygen atoms in total. The average Bonchev–Trinajstić information content (AvgIpc) is 2.38. The molecule has 1 amide bonds. The van der Waals surface area contributed by atoms with E-state index in [-0.39, 0.29) is 36.2 Å². The molecule has 0 aliphatic rings. The summed E-state index contributed by atoms with van der Waals surface area (Å²) in [4.78, 5) is 29.2. The second-order valence-corrected chi connectivity index (χ2v) is 3.56. The molecule has 0 fully saturated rings. The molecule has 1 rings (SSSR count). The van der Waals surface area contributed by atoms with Crippen molar-refractivity contribution in [2.45, 2.75) is 13.3 Å². The van der Waals surface area contributed by atoms with E-state index in [0.717, 1.165) is 0 Å². The first-order valence-corrected chi connectivity index (χ1v) is 5.77. The van der Waals surface area contributed by atoms with Gasteiger partial charge in [0.15, 0.2) is 0 Å². The van der Waals surface area contributed by atoms with Crippen molar-refractivity contribution in [1.29, 1.82) is 0 Å². The van der Waals surface area contributed by atoms with E-state index in [1.807, 2.05) is 6.92 Å². The smallest absolute Gasteiger partial charge is 0.353 e. The summed E-state index contributed by atoms with van der Waals surface area (Å²) in [7, 11) is 1.53. The number of aromatic nitrogens is 2. The fraction of sp³-hybridized carbons (Fsp3) is 0.500. The molecular formula is C10H16N6O3. The maximum Gasteiger partial charge on any atom is 0.353 e. The van der Waals surface area contributed by atoms with Gasteiger partial charge in [0.2, 0.25) is 17.5 Å². The van der Waals surface area contributed by atoms with E-state index in [0.29, 0.717) is 6.54 Å². The van der Waals surface area contributed by atoms with Gasteiger partial charge in [-0.05, 0) is 6.92 Å². The fourth-order valence-corrected chi connectivity index (χ4v) is 1.40. The number of nitrogens with zero attached hydrogens (tertiary/aromatic N) is 3. The van der Waals surface area contributed by atoms with E-state index in [1.54, 1.807) is 0 Å². The predicted molar refractivity (Wildman–Crippen MR) is 70.0 cm³/mol. The summed E-state index contributed by atoms with van der Waals surface area (Å²) in [6.07, 6.45) is 1.43. The van der Waals surface area contributed by atoms with E-state index < -0.39 is 4.92 Å². The molecule has 104 valence electrons. The first kappa shape index (κ1) is 14.6. The molecule has 0 atom stereocenters. The van der Waals surface area contributed by atoms with Crippen molar-refractivity contribution in [1.82, 2.24) is 15.3 Å². The van der Waals surface area contributed by atoms with Gasteiger partial charge in [0.1, 0.15) is 6.33 Å². The van der Waals surface area contributed by atoms with Gasteiger partial charge in [-0.2, -0.15) is 0 Å². The number of nitro groups is 1. The first-order chi connectivity index (χ1) is 9.10. The lowest BCUT2D eigenvalue weighted by molar-refractivity contribution is -0.383. The largest absolute Gasteiger partial charge is 0.364 e. The Hall–Kier alpha value is -2.45. The molecule has 0 aliphatic carbocycles. The Morgan fingerprint density at radius 3 is 2.53 bits per heavy atom. The van der Waals surface area contributed by atoms with Gasteiger partial charge in [0.05, 0.1) is 4.92 Å². The highest BCUT2D eigenvalue weighted by Crippen LogP contribution is 2.28. The number of amides is 1. The maximum absolute atomic E-state index is 11.1. The van der Waals surface area contributed by atoms with Crippen molar-refractivity contribution in [2.75, 3.05) is 30.8 Å². The van der Waals surface area contributed by atoms with Crippen molar-refractivity contribution in [3.8, 4) is 0 Å². The van der Waals surface area contributed by atoms with Crippen LogP contribution >= 0.6 is 0 Å². The zero-order chi connectivity index (χ0) is 14.3. The highest BCUT2D eigenvalue weighted by Gasteiger charge is 2.22. The molecule has 0 aliphatic heterocycles. The van der Waals surface area contributed by atoms with Crippen LogP contribution in [0.4, 0.5) is 17.3 Å². The van der Waals surface area contributed by atoms with Crippen molar-refractivity contribution in [3.05, 3.63) is 16.4 Å². The van der Waals surface area contributed by atoms with Crippen LogP contribution < -0.4 is 16.0 Å². The maximum atomic E-state index is 11.1. The topological polar surface area (TPSA) is 122 Å². The Kier molecular flexibility index (Phi) is 5.45. The van der Waals surface area contributed by atoms with E-state index in [9.17, 15) is 14.9 Å².